The molecule has 0 fully saturated rings. The largest absolute Gasteiger partial charge is 0.464 e. The van der Waals surface area contributed by atoms with E-state index in [0.717, 1.165) is 5.56 Å². The highest BCUT2D eigenvalue weighted by Crippen LogP contribution is 2.15. The first-order valence-electron chi connectivity index (χ1n) is 6.46. The maximum Gasteiger partial charge on any atom is 0.328 e. The third-order valence-corrected chi connectivity index (χ3v) is 2.64. The number of nitrogens with one attached hydrogen (secondary N) is 2. The zero-order chi connectivity index (χ0) is 15.1. The highest BCUT2D eigenvalue weighted by atomic mass is 16.5. The molecule has 2 amide bonds. The molecule has 0 aliphatic heterocycles. The summed E-state index contributed by atoms with van der Waals surface area (Å²) in [6.07, 6.45) is -0.554. The van der Waals surface area contributed by atoms with E-state index in [1.165, 1.54) is 0 Å². The fraction of sp³-hybridized carbons (Fsp3) is 0.429. The van der Waals surface area contributed by atoms with Gasteiger partial charge in [0.25, 0.3) is 0 Å². The van der Waals surface area contributed by atoms with Crippen molar-refractivity contribution in [2.75, 3.05) is 11.9 Å². The number of benzene rings is 1. The zero-order valence-corrected chi connectivity index (χ0v) is 11.8. The predicted octanol–water partition coefficient (Wildman–Crippen LogP) is 1.81. The van der Waals surface area contributed by atoms with Gasteiger partial charge in [0.2, 0.25) is 0 Å². The Morgan fingerprint density at radius 1 is 1.25 bits per heavy atom. The fourth-order valence-electron chi connectivity index (χ4n) is 1.53. The highest BCUT2D eigenvalue weighted by molar-refractivity contribution is 5.92. The van der Waals surface area contributed by atoms with Crippen LogP contribution in [0, 0.1) is 0 Å². The van der Waals surface area contributed by atoms with Gasteiger partial charge in [-0.05, 0) is 38.5 Å². The number of rotatable bonds is 5. The van der Waals surface area contributed by atoms with Crippen LogP contribution >= 0.6 is 0 Å². The SMILES string of the molecule is CCOC(=O)C(C)NC(=O)Nc1ccc(C(C)O)cc1. The summed E-state index contributed by atoms with van der Waals surface area (Å²) in [5.41, 5.74) is 1.33. The number of anilines is 1. The van der Waals surface area contributed by atoms with E-state index < -0.39 is 24.1 Å². The molecule has 2 atom stereocenters. The second kappa shape index (κ2) is 7.49. The molecular weight excluding hydrogens is 260 g/mol. The van der Waals surface area contributed by atoms with E-state index in [0.29, 0.717) is 5.69 Å². The van der Waals surface area contributed by atoms with Crippen molar-refractivity contribution >= 4 is 17.7 Å². The minimum Gasteiger partial charge on any atom is -0.464 e. The second-order valence-electron chi connectivity index (χ2n) is 4.37. The van der Waals surface area contributed by atoms with Gasteiger partial charge in [0, 0.05) is 5.69 Å². The number of hydrogen-bond donors (Lipinski definition) is 3. The van der Waals surface area contributed by atoms with Gasteiger partial charge < -0.3 is 20.5 Å². The monoisotopic (exact) mass is 280 g/mol. The smallest absolute Gasteiger partial charge is 0.328 e. The Balaban J connectivity index is 2.51. The Hall–Kier alpha value is -2.08. The minimum absolute atomic E-state index is 0.271. The number of carbonyl (C=O) groups excluding carboxylic acids is 2. The van der Waals surface area contributed by atoms with Crippen molar-refractivity contribution in [3.05, 3.63) is 29.8 Å². The molecule has 110 valence electrons. The van der Waals surface area contributed by atoms with Crippen LogP contribution in [0.2, 0.25) is 0 Å². The molecule has 0 aliphatic carbocycles. The van der Waals surface area contributed by atoms with Crippen LogP contribution < -0.4 is 10.6 Å². The van der Waals surface area contributed by atoms with Crippen molar-refractivity contribution in [3.63, 3.8) is 0 Å². The molecule has 0 spiro atoms. The summed E-state index contributed by atoms with van der Waals surface area (Å²) in [5, 5.41) is 14.4. The average molecular weight is 280 g/mol. The molecule has 0 saturated carbocycles. The van der Waals surface area contributed by atoms with Gasteiger partial charge >= 0.3 is 12.0 Å². The lowest BCUT2D eigenvalue weighted by Gasteiger charge is -2.13. The lowest BCUT2D eigenvalue weighted by Crippen LogP contribution is -2.41. The Morgan fingerprint density at radius 3 is 2.35 bits per heavy atom. The van der Waals surface area contributed by atoms with Crippen LogP contribution in [-0.2, 0) is 9.53 Å². The van der Waals surface area contributed by atoms with Gasteiger partial charge in [-0.3, -0.25) is 0 Å². The van der Waals surface area contributed by atoms with Crippen molar-refractivity contribution in [1.29, 1.82) is 0 Å². The standard InChI is InChI=1S/C14H20N2O4/c1-4-20-13(18)9(2)15-14(19)16-12-7-5-11(6-8-12)10(3)17/h5-10,17H,4H2,1-3H3,(H2,15,16,19). The lowest BCUT2D eigenvalue weighted by atomic mass is 10.1. The average Bonchev–Trinajstić information content (AvgIpc) is 2.39. The lowest BCUT2D eigenvalue weighted by molar-refractivity contribution is -0.144. The van der Waals surface area contributed by atoms with E-state index >= 15 is 0 Å². The first-order valence-corrected chi connectivity index (χ1v) is 6.46. The van der Waals surface area contributed by atoms with E-state index in [1.807, 2.05) is 0 Å². The van der Waals surface area contributed by atoms with Gasteiger partial charge in [0.05, 0.1) is 12.7 Å². The molecule has 0 aromatic heterocycles. The van der Waals surface area contributed by atoms with E-state index in [4.69, 9.17) is 4.74 Å². The van der Waals surface area contributed by atoms with Crippen molar-refractivity contribution in [3.8, 4) is 0 Å². The van der Waals surface area contributed by atoms with Crippen LogP contribution in [0.5, 0.6) is 0 Å². The summed E-state index contributed by atoms with van der Waals surface area (Å²) < 4.78 is 4.79. The van der Waals surface area contributed by atoms with E-state index in [-0.39, 0.29) is 6.61 Å². The number of aliphatic hydroxyl groups excluding tert-OH is 1. The van der Waals surface area contributed by atoms with Crippen LogP contribution in [0.15, 0.2) is 24.3 Å². The van der Waals surface area contributed by atoms with Crippen molar-refractivity contribution in [1.82, 2.24) is 5.32 Å². The Kier molecular flexibility index (Phi) is 5.99. The van der Waals surface area contributed by atoms with Crippen molar-refractivity contribution in [2.24, 2.45) is 0 Å². The first-order chi connectivity index (χ1) is 9.43. The molecule has 20 heavy (non-hydrogen) atoms. The fourth-order valence-corrected chi connectivity index (χ4v) is 1.53. The molecule has 1 rings (SSSR count). The Bertz CT molecular complexity index is 457. The van der Waals surface area contributed by atoms with Crippen LogP contribution in [0.25, 0.3) is 0 Å². The number of urea groups is 1. The highest BCUT2D eigenvalue weighted by Gasteiger charge is 2.16. The molecule has 6 nitrogen and oxygen atoms in total. The molecule has 0 heterocycles. The molecule has 0 saturated heterocycles. The molecule has 2 unspecified atom stereocenters. The van der Waals surface area contributed by atoms with Crippen LogP contribution in [0.3, 0.4) is 0 Å². The van der Waals surface area contributed by atoms with E-state index in [1.54, 1.807) is 45.0 Å². The molecule has 6 heteroatoms. The number of esters is 1. The topological polar surface area (TPSA) is 87.7 Å². The van der Waals surface area contributed by atoms with Crippen molar-refractivity contribution in [2.45, 2.75) is 32.9 Å². The normalized spacial score (nSPS) is 13.2. The Morgan fingerprint density at radius 2 is 1.85 bits per heavy atom. The van der Waals surface area contributed by atoms with E-state index in [2.05, 4.69) is 10.6 Å². The second-order valence-corrected chi connectivity index (χ2v) is 4.37. The molecule has 3 N–H and O–H groups in total. The van der Waals surface area contributed by atoms with E-state index in [9.17, 15) is 14.7 Å². The maximum atomic E-state index is 11.7. The minimum atomic E-state index is -0.716. The third kappa shape index (κ3) is 4.89. The van der Waals surface area contributed by atoms with Gasteiger partial charge in [0.15, 0.2) is 0 Å². The summed E-state index contributed by atoms with van der Waals surface area (Å²) in [6.45, 7) is 5.19. The zero-order valence-electron chi connectivity index (χ0n) is 11.8. The van der Waals surface area contributed by atoms with Gasteiger partial charge in [-0.15, -0.1) is 0 Å². The Labute approximate surface area is 118 Å². The first kappa shape index (κ1) is 16.0. The van der Waals surface area contributed by atoms with Gasteiger partial charge in [-0.1, -0.05) is 12.1 Å². The molecule has 0 radical (unpaired) electrons. The predicted molar refractivity (Wildman–Crippen MR) is 75.3 cm³/mol. The molecule has 1 aromatic carbocycles. The number of carbonyl (C=O) groups is 2. The van der Waals surface area contributed by atoms with Crippen molar-refractivity contribution < 1.29 is 19.4 Å². The summed E-state index contributed by atoms with van der Waals surface area (Å²) >= 11 is 0. The molecular formula is C14H20N2O4. The van der Waals surface area contributed by atoms with Gasteiger partial charge in [0.1, 0.15) is 6.04 Å². The van der Waals surface area contributed by atoms with Crippen LogP contribution in [0.1, 0.15) is 32.4 Å². The molecule has 0 bridgehead atoms. The summed E-state index contributed by atoms with van der Waals surface area (Å²) in [4.78, 5) is 23.0. The third-order valence-electron chi connectivity index (χ3n) is 2.64. The maximum absolute atomic E-state index is 11.7. The van der Waals surface area contributed by atoms with Gasteiger partial charge in [-0.25, -0.2) is 9.59 Å². The molecule has 0 aliphatic rings. The van der Waals surface area contributed by atoms with Crippen LogP contribution in [-0.4, -0.2) is 29.8 Å². The summed E-state index contributed by atoms with van der Waals surface area (Å²) in [5.74, 6) is -0.480. The number of hydrogen-bond acceptors (Lipinski definition) is 4. The summed E-state index contributed by atoms with van der Waals surface area (Å²) in [7, 11) is 0. The molecule has 1 aromatic rings. The number of ether oxygens (including phenoxy) is 1. The van der Waals surface area contributed by atoms with Crippen LogP contribution in [0.4, 0.5) is 10.5 Å². The quantitative estimate of drug-likeness (QED) is 0.718. The number of amides is 2. The summed E-state index contributed by atoms with van der Waals surface area (Å²) in [6, 6.07) is 5.58. The number of aliphatic hydroxyl groups is 1. The van der Waals surface area contributed by atoms with Gasteiger partial charge in [-0.2, -0.15) is 0 Å².